The van der Waals surface area contributed by atoms with Gasteiger partial charge in [0.15, 0.2) is 0 Å². The molecule has 0 radical (unpaired) electrons. The van der Waals surface area contributed by atoms with Crippen molar-refractivity contribution in [1.29, 1.82) is 0 Å². The van der Waals surface area contributed by atoms with Gasteiger partial charge in [0.05, 0.1) is 11.0 Å². The van der Waals surface area contributed by atoms with E-state index in [9.17, 15) is 0 Å². The van der Waals surface area contributed by atoms with Crippen LogP contribution in [0.5, 0.6) is 0 Å². The Morgan fingerprint density at radius 1 is 1.16 bits per heavy atom. The predicted molar refractivity (Wildman–Crippen MR) is 102 cm³/mol. The molecule has 2 heterocycles. The molecule has 0 bridgehead atoms. The van der Waals surface area contributed by atoms with Crippen molar-refractivity contribution in [2.24, 2.45) is 0 Å². The third-order valence-electron chi connectivity index (χ3n) is 5.40. The number of rotatable bonds is 5. The van der Waals surface area contributed by atoms with Gasteiger partial charge in [0.1, 0.15) is 11.9 Å². The third kappa shape index (κ3) is 3.21. The van der Waals surface area contributed by atoms with Crippen LogP contribution in [0.3, 0.4) is 0 Å². The van der Waals surface area contributed by atoms with Gasteiger partial charge in [0, 0.05) is 13.2 Å². The number of benzene rings is 2. The molecule has 0 spiro atoms. The van der Waals surface area contributed by atoms with Crippen LogP contribution in [0.15, 0.2) is 48.5 Å². The fraction of sp³-hybridized carbons (Fsp3) is 0.409. The smallest absolute Gasteiger partial charge is 0.139 e. The summed E-state index contributed by atoms with van der Waals surface area (Å²) in [5.41, 5.74) is 4.98. The first-order valence-corrected chi connectivity index (χ1v) is 9.42. The Morgan fingerprint density at radius 2 is 1.96 bits per heavy atom. The molecule has 2 unspecified atom stereocenters. The van der Waals surface area contributed by atoms with Gasteiger partial charge in [-0.25, -0.2) is 4.98 Å². The molecule has 0 amide bonds. The number of ether oxygens (including phenoxy) is 1. The van der Waals surface area contributed by atoms with E-state index in [1.807, 2.05) is 0 Å². The molecule has 0 saturated carbocycles. The zero-order valence-corrected chi connectivity index (χ0v) is 15.1. The summed E-state index contributed by atoms with van der Waals surface area (Å²) < 4.78 is 8.27. The lowest BCUT2D eigenvalue weighted by Crippen LogP contribution is -2.09. The summed E-state index contributed by atoms with van der Waals surface area (Å²) in [6.07, 6.45) is 3.49. The van der Waals surface area contributed by atoms with Gasteiger partial charge in [-0.15, -0.1) is 0 Å². The van der Waals surface area contributed by atoms with E-state index in [1.165, 1.54) is 23.1 Å². The molecule has 1 saturated heterocycles. The lowest BCUT2D eigenvalue weighted by atomic mass is 9.97. The van der Waals surface area contributed by atoms with Gasteiger partial charge >= 0.3 is 0 Å². The second-order valence-corrected chi connectivity index (χ2v) is 7.10. The zero-order valence-electron chi connectivity index (χ0n) is 15.1. The normalized spacial score (nSPS) is 18.7. The quantitative estimate of drug-likeness (QED) is 0.620. The first-order chi connectivity index (χ1) is 12.3. The minimum atomic E-state index is 0.131. The van der Waals surface area contributed by atoms with Crippen LogP contribution in [0.4, 0.5) is 0 Å². The first kappa shape index (κ1) is 16.3. The molecular weight excluding hydrogens is 308 g/mol. The maximum atomic E-state index is 5.93. The number of fused-ring (bicyclic) bond motifs is 1. The molecule has 1 aliphatic rings. The van der Waals surface area contributed by atoms with Crippen LogP contribution in [0.2, 0.25) is 0 Å². The summed E-state index contributed by atoms with van der Waals surface area (Å²) in [5, 5.41) is 0. The van der Waals surface area contributed by atoms with E-state index in [4.69, 9.17) is 9.72 Å². The van der Waals surface area contributed by atoms with E-state index >= 15 is 0 Å². The molecule has 2 aromatic carbocycles. The summed E-state index contributed by atoms with van der Waals surface area (Å²) in [6, 6.07) is 17.5. The van der Waals surface area contributed by atoms with E-state index in [0.29, 0.717) is 5.92 Å². The maximum Gasteiger partial charge on any atom is 0.139 e. The number of aromatic nitrogens is 2. The Bertz CT molecular complexity index is 844. The standard InChI is InChI=1S/C22H26N2O/c1-3-16(2)18-12-10-17(11-13-18)15-24-20-8-5-4-7-19(20)23-22(24)21-9-6-14-25-21/h4-5,7-8,10-13,16,21H,3,6,9,14-15H2,1-2H3. The molecular formula is C22H26N2O. The fourth-order valence-electron chi connectivity index (χ4n) is 3.66. The Kier molecular flexibility index (Phi) is 4.58. The lowest BCUT2D eigenvalue weighted by Gasteiger charge is -2.15. The van der Waals surface area contributed by atoms with Crippen LogP contribution in [0, 0.1) is 0 Å². The van der Waals surface area contributed by atoms with Gasteiger partial charge in [-0.3, -0.25) is 0 Å². The van der Waals surface area contributed by atoms with Crippen LogP contribution in [0.25, 0.3) is 11.0 Å². The van der Waals surface area contributed by atoms with E-state index in [-0.39, 0.29) is 6.10 Å². The maximum absolute atomic E-state index is 5.93. The van der Waals surface area contributed by atoms with Crippen LogP contribution < -0.4 is 0 Å². The molecule has 25 heavy (non-hydrogen) atoms. The van der Waals surface area contributed by atoms with Crippen molar-refractivity contribution in [3.63, 3.8) is 0 Å². The zero-order chi connectivity index (χ0) is 17.2. The van der Waals surface area contributed by atoms with Crippen LogP contribution in [-0.2, 0) is 11.3 Å². The van der Waals surface area contributed by atoms with E-state index < -0.39 is 0 Å². The molecule has 2 atom stereocenters. The van der Waals surface area contributed by atoms with E-state index in [1.54, 1.807) is 0 Å². The first-order valence-electron chi connectivity index (χ1n) is 9.42. The summed E-state index contributed by atoms with van der Waals surface area (Å²) in [6.45, 7) is 6.21. The van der Waals surface area contributed by atoms with Crippen LogP contribution in [0.1, 0.15) is 62.1 Å². The Morgan fingerprint density at radius 3 is 2.68 bits per heavy atom. The van der Waals surface area contributed by atoms with Gasteiger partial charge in [-0.05, 0) is 48.4 Å². The molecule has 3 nitrogen and oxygen atoms in total. The molecule has 4 rings (SSSR count). The minimum absolute atomic E-state index is 0.131. The van der Waals surface area contributed by atoms with Gasteiger partial charge in [-0.1, -0.05) is 50.2 Å². The highest BCUT2D eigenvalue weighted by Gasteiger charge is 2.24. The Hall–Kier alpha value is -2.13. The number of para-hydroxylation sites is 2. The Balaban J connectivity index is 1.69. The van der Waals surface area contributed by atoms with Crippen LogP contribution >= 0.6 is 0 Å². The number of nitrogens with zero attached hydrogens (tertiary/aromatic N) is 2. The largest absolute Gasteiger partial charge is 0.370 e. The van der Waals surface area contributed by atoms with E-state index in [0.717, 1.165) is 37.3 Å². The van der Waals surface area contributed by atoms with E-state index in [2.05, 4.69) is 66.9 Å². The van der Waals surface area contributed by atoms with Gasteiger partial charge in [0.25, 0.3) is 0 Å². The molecule has 3 heteroatoms. The molecule has 1 fully saturated rings. The summed E-state index contributed by atoms with van der Waals surface area (Å²) in [7, 11) is 0. The molecule has 0 N–H and O–H groups in total. The highest BCUT2D eigenvalue weighted by atomic mass is 16.5. The fourth-order valence-corrected chi connectivity index (χ4v) is 3.66. The average molecular weight is 334 g/mol. The molecule has 1 aliphatic heterocycles. The van der Waals surface area contributed by atoms with Crippen molar-refractivity contribution < 1.29 is 4.74 Å². The number of hydrogen-bond donors (Lipinski definition) is 0. The topological polar surface area (TPSA) is 27.1 Å². The number of imidazole rings is 1. The van der Waals surface area contributed by atoms with Crippen molar-refractivity contribution in [3.05, 3.63) is 65.5 Å². The second-order valence-electron chi connectivity index (χ2n) is 7.10. The minimum Gasteiger partial charge on any atom is -0.370 e. The SMILES string of the molecule is CCC(C)c1ccc(Cn2c(C3CCCO3)nc3ccccc32)cc1. The molecule has 130 valence electrons. The van der Waals surface area contributed by atoms with Crippen molar-refractivity contribution >= 4 is 11.0 Å². The average Bonchev–Trinajstić information content (AvgIpc) is 3.30. The summed E-state index contributed by atoms with van der Waals surface area (Å²) in [5.74, 6) is 1.69. The summed E-state index contributed by atoms with van der Waals surface area (Å²) >= 11 is 0. The third-order valence-corrected chi connectivity index (χ3v) is 5.40. The highest BCUT2D eigenvalue weighted by molar-refractivity contribution is 5.76. The monoisotopic (exact) mass is 334 g/mol. The Labute approximate surface area is 149 Å². The van der Waals surface area contributed by atoms with Crippen molar-refractivity contribution in [1.82, 2.24) is 9.55 Å². The predicted octanol–water partition coefficient (Wildman–Crippen LogP) is 5.45. The molecule has 3 aromatic rings. The van der Waals surface area contributed by atoms with Crippen molar-refractivity contribution in [2.45, 2.75) is 51.7 Å². The van der Waals surface area contributed by atoms with Crippen molar-refractivity contribution in [3.8, 4) is 0 Å². The van der Waals surface area contributed by atoms with Gasteiger partial charge < -0.3 is 9.30 Å². The summed E-state index contributed by atoms with van der Waals surface area (Å²) in [4.78, 5) is 4.89. The van der Waals surface area contributed by atoms with Gasteiger partial charge in [-0.2, -0.15) is 0 Å². The molecule has 1 aromatic heterocycles. The number of hydrogen-bond acceptors (Lipinski definition) is 2. The van der Waals surface area contributed by atoms with Crippen molar-refractivity contribution in [2.75, 3.05) is 6.61 Å². The van der Waals surface area contributed by atoms with Gasteiger partial charge in [0.2, 0.25) is 0 Å². The lowest BCUT2D eigenvalue weighted by molar-refractivity contribution is 0.103. The highest BCUT2D eigenvalue weighted by Crippen LogP contribution is 2.31. The molecule has 0 aliphatic carbocycles. The van der Waals surface area contributed by atoms with Crippen LogP contribution in [-0.4, -0.2) is 16.2 Å². The second kappa shape index (κ2) is 7.01.